The topological polar surface area (TPSA) is 31.4 Å². The van der Waals surface area contributed by atoms with E-state index in [9.17, 15) is 4.39 Å². The molecule has 136 valence electrons. The number of pyridine rings is 1. The zero-order chi connectivity index (χ0) is 16.9. The van der Waals surface area contributed by atoms with E-state index in [0.717, 1.165) is 37.6 Å². The van der Waals surface area contributed by atoms with Crippen LogP contribution in [-0.4, -0.2) is 43.1 Å². The van der Waals surface area contributed by atoms with E-state index in [0.29, 0.717) is 23.7 Å². The average Bonchev–Trinajstić information content (AvgIpc) is 2.59. The average molecular weight is 385 g/mol. The third kappa shape index (κ3) is 5.05. The molecule has 1 fully saturated rings. The quantitative estimate of drug-likeness (QED) is 0.856. The van der Waals surface area contributed by atoms with Crippen LogP contribution in [0.25, 0.3) is 0 Å². The van der Waals surface area contributed by atoms with Gasteiger partial charge in [0.15, 0.2) is 0 Å². The Balaban J connectivity index is 0.00000225. The molecular formula is C18H23Cl2FN4. The van der Waals surface area contributed by atoms with Gasteiger partial charge in [-0.2, -0.15) is 0 Å². The van der Waals surface area contributed by atoms with E-state index in [1.807, 2.05) is 12.3 Å². The minimum absolute atomic E-state index is 0. The summed E-state index contributed by atoms with van der Waals surface area (Å²) in [5.41, 5.74) is 1.62. The van der Waals surface area contributed by atoms with Crippen LogP contribution >= 0.6 is 24.0 Å². The van der Waals surface area contributed by atoms with E-state index in [1.165, 1.54) is 6.07 Å². The van der Waals surface area contributed by atoms with Crippen molar-refractivity contribution in [2.45, 2.75) is 13.1 Å². The van der Waals surface area contributed by atoms with Crippen LogP contribution < -0.4 is 10.2 Å². The molecule has 3 rings (SSSR count). The molecule has 1 aliphatic rings. The van der Waals surface area contributed by atoms with Crippen molar-refractivity contribution in [3.63, 3.8) is 0 Å². The molecule has 7 heteroatoms. The van der Waals surface area contributed by atoms with Crippen LogP contribution in [0, 0.1) is 5.82 Å². The van der Waals surface area contributed by atoms with Gasteiger partial charge in [0.1, 0.15) is 11.6 Å². The Bertz CT molecular complexity index is 670. The fourth-order valence-electron chi connectivity index (χ4n) is 2.89. The largest absolute Gasteiger partial charge is 0.354 e. The number of hydrogen-bond acceptors (Lipinski definition) is 4. The Morgan fingerprint density at radius 3 is 2.60 bits per heavy atom. The molecule has 0 aliphatic carbocycles. The molecule has 0 spiro atoms. The number of nitrogens with one attached hydrogen (secondary N) is 1. The van der Waals surface area contributed by atoms with E-state index in [-0.39, 0.29) is 18.2 Å². The number of piperazine rings is 1. The molecule has 2 aromatic rings. The first-order valence-electron chi connectivity index (χ1n) is 8.16. The monoisotopic (exact) mass is 384 g/mol. The van der Waals surface area contributed by atoms with Gasteiger partial charge >= 0.3 is 0 Å². The molecule has 2 heterocycles. The molecular weight excluding hydrogens is 362 g/mol. The number of aromatic nitrogens is 1. The molecule has 0 amide bonds. The van der Waals surface area contributed by atoms with Crippen molar-refractivity contribution >= 4 is 29.8 Å². The summed E-state index contributed by atoms with van der Waals surface area (Å²) in [4.78, 5) is 9.19. The second-order valence-corrected chi connectivity index (χ2v) is 6.49. The molecule has 4 nitrogen and oxygen atoms in total. The molecule has 0 radical (unpaired) electrons. The number of anilines is 1. The highest BCUT2D eigenvalue weighted by Crippen LogP contribution is 2.21. The summed E-state index contributed by atoms with van der Waals surface area (Å²) >= 11 is 6.07. The minimum atomic E-state index is -0.277. The number of benzene rings is 1. The third-order valence-electron chi connectivity index (χ3n) is 4.35. The first kappa shape index (κ1) is 19.9. The summed E-state index contributed by atoms with van der Waals surface area (Å²) in [6, 6.07) is 8.76. The van der Waals surface area contributed by atoms with E-state index < -0.39 is 0 Å². The fourth-order valence-corrected chi connectivity index (χ4v) is 3.12. The SMILES string of the molecule is CN1CCN(c2ncccc2CNCc2c(F)cccc2Cl)CC1.Cl. The van der Waals surface area contributed by atoms with Gasteiger partial charge in [-0.15, -0.1) is 12.4 Å². The normalized spacial score (nSPS) is 15.1. The van der Waals surface area contributed by atoms with Crippen molar-refractivity contribution in [3.05, 3.63) is 58.5 Å². The Hall–Kier alpha value is -1.40. The van der Waals surface area contributed by atoms with Gasteiger partial charge in [0.05, 0.1) is 0 Å². The van der Waals surface area contributed by atoms with Crippen LogP contribution in [0.4, 0.5) is 10.2 Å². The lowest BCUT2D eigenvalue weighted by Gasteiger charge is -2.34. The first-order valence-corrected chi connectivity index (χ1v) is 8.54. The van der Waals surface area contributed by atoms with E-state index >= 15 is 0 Å². The van der Waals surface area contributed by atoms with Crippen molar-refractivity contribution in [1.82, 2.24) is 15.2 Å². The Kier molecular flexibility index (Phi) is 7.44. The van der Waals surface area contributed by atoms with Gasteiger partial charge in [0.2, 0.25) is 0 Å². The maximum atomic E-state index is 13.8. The minimum Gasteiger partial charge on any atom is -0.354 e. The smallest absolute Gasteiger partial charge is 0.133 e. The summed E-state index contributed by atoms with van der Waals surface area (Å²) in [6.07, 6.45) is 1.82. The molecule has 0 unspecified atom stereocenters. The van der Waals surface area contributed by atoms with Crippen molar-refractivity contribution in [2.75, 3.05) is 38.1 Å². The molecule has 1 aromatic heterocycles. The number of hydrogen-bond donors (Lipinski definition) is 1. The predicted molar refractivity (Wildman–Crippen MR) is 103 cm³/mol. The second kappa shape index (κ2) is 9.34. The van der Waals surface area contributed by atoms with Crippen LogP contribution in [0.5, 0.6) is 0 Å². The van der Waals surface area contributed by atoms with Gasteiger partial charge in [-0.25, -0.2) is 9.37 Å². The van der Waals surface area contributed by atoms with E-state index in [2.05, 4.69) is 33.2 Å². The van der Waals surface area contributed by atoms with Gasteiger partial charge in [-0.3, -0.25) is 0 Å². The van der Waals surface area contributed by atoms with Gasteiger partial charge in [-0.05, 0) is 25.2 Å². The molecule has 1 N–H and O–H groups in total. The molecule has 1 aliphatic heterocycles. The lowest BCUT2D eigenvalue weighted by atomic mass is 10.2. The molecule has 0 saturated carbocycles. The van der Waals surface area contributed by atoms with Gasteiger partial charge < -0.3 is 15.1 Å². The summed E-state index contributed by atoms with van der Waals surface area (Å²) < 4.78 is 13.8. The molecule has 0 atom stereocenters. The molecule has 1 saturated heterocycles. The summed E-state index contributed by atoms with van der Waals surface area (Å²) in [6.45, 7) is 5.03. The zero-order valence-electron chi connectivity index (χ0n) is 14.2. The number of rotatable bonds is 5. The van der Waals surface area contributed by atoms with Crippen molar-refractivity contribution in [3.8, 4) is 0 Å². The Morgan fingerprint density at radius 1 is 1.12 bits per heavy atom. The molecule has 25 heavy (non-hydrogen) atoms. The van der Waals surface area contributed by atoms with Crippen LogP contribution in [0.3, 0.4) is 0 Å². The molecule has 0 bridgehead atoms. The van der Waals surface area contributed by atoms with Crippen LogP contribution in [0.15, 0.2) is 36.5 Å². The summed E-state index contributed by atoms with van der Waals surface area (Å²) in [7, 11) is 2.14. The Morgan fingerprint density at radius 2 is 1.88 bits per heavy atom. The van der Waals surface area contributed by atoms with Gasteiger partial charge in [0, 0.05) is 61.6 Å². The lowest BCUT2D eigenvalue weighted by molar-refractivity contribution is 0.311. The fraction of sp³-hybridized carbons (Fsp3) is 0.389. The van der Waals surface area contributed by atoms with Crippen molar-refractivity contribution < 1.29 is 4.39 Å². The van der Waals surface area contributed by atoms with Gasteiger partial charge in [0.25, 0.3) is 0 Å². The summed E-state index contributed by atoms with van der Waals surface area (Å²) in [5.74, 6) is 0.734. The highest BCUT2D eigenvalue weighted by molar-refractivity contribution is 6.31. The highest BCUT2D eigenvalue weighted by Gasteiger charge is 2.17. The zero-order valence-corrected chi connectivity index (χ0v) is 15.8. The van der Waals surface area contributed by atoms with Crippen molar-refractivity contribution in [2.24, 2.45) is 0 Å². The predicted octanol–water partition coefficient (Wildman–Crippen LogP) is 3.34. The first-order chi connectivity index (χ1) is 11.6. The van der Waals surface area contributed by atoms with Crippen LogP contribution in [0.2, 0.25) is 5.02 Å². The second-order valence-electron chi connectivity index (χ2n) is 6.08. The standard InChI is InChI=1S/C18H22ClFN4.ClH/c1-23-8-10-24(11-9-23)18-14(4-3-7-22-18)12-21-13-15-16(19)5-2-6-17(15)20;/h2-7,21H,8-13H2,1H3;1H. The van der Waals surface area contributed by atoms with Crippen LogP contribution in [0.1, 0.15) is 11.1 Å². The maximum Gasteiger partial charge on any atom is 0.133 e. The van der Waals surface area contributed by atoms with Gasteiger partial charge in [-0.1, -0.05) is 23.7 Å². The third-order valence-corrected chi connectivity index (χ3v) is 4.70. The maximum absolute atomic E-state index is 13.8. The number of nitrogens with zero attached hydrogens (tertiary/aromatic N) is 3. The highest BCUT2D eigenvalue weighted by atomic mass is 35.5. The van der Waals surface area contributed by atoms with Crippen molar-refractivity contribution in [1.29, 1.82) is 0 Å². The summed E-state index contributed by atoms with van der Waals surface area (Å²) in [5, 5.41) is 3.74. The van der Waals surface area contributed by atoms with E-state index in [1.54, 1.807) is 12.1 Å². The lowest BCUT2D eigenvalue weighted by Crippen LogP contribution is -2.45. The number of likely N-dealkylation sites (N-methyl/N-ethyl adjacent to an activating group) is 1. The number of halogens is 3. The van der Waals surface area contributed by atoms with E-state index in [4.69, 9.17) is 11.6 Å². The molecule has 1 aromatic carbocycles. The Labute approximate surface area is 159 Å². The van der Waals surface area contributed by atoms with Crippen LogP contribution in [-0.2, 0) is 13.1 Å².